The van der Waals surface area contributed by atoms with Crippen LogP contribution in [-0.4, -0.2) is 20.9 Å². The predicted molar refractivity (Wildman–Crippen MR) is 134 cm³/mol. The third-order valence-electron chi connectivity index (χ3n) is 6.29. The van der Waals surface area contributed by atoms with Gasteiger partial charge in [0.1, 0.15) is 5.82 Å². The van der Waals surface area contributed by atoms with Crippen LogP contribution in [0.3, 0.4) is 0 Å². The molecule has 1 amide bonds. The maximum atomic E-state index is 14.5. The molecule has 0 spiro atoms. The molecule has 1 aliphatic heterocycles. The summed E-state index contributed by atoms with van der Waals surface area (Å²) in [6.45, 7) is 0.606. The van der Waals surface area contributed by atoms with E-state index in [0.29, 0.717) is 38.6 Å². The van der Waals surface area contributed by atoms with Crippen LogP contribution in [0.1, 0.15) is 38.8 Å². The molecule has 0 fully saturated rings. The Morgan fingerprint density at radius 2 is 2.00 bits per heavy atom. The smallest absolute Gasteiger partial charge is 0.253 e. The molecule has 2 aromatic carbocycles. The van der Waals surface area contributed by atoms with E-state index in [0.717, 1.165) is 27.7 Å². The number of pyridine rings is 2. The second kappa shape index (κ2) is 8.61. The molecule has 0 radical (unpaired) electrons. The first-order valence-electron chi connectivity index (χ1n) is 11.0. The van der Waals surface area contributed by atoms with Crippen molar-refractivity contribution >= 4 is 50.9 Å². The first kappa shape index (κ1) is 22.0. The SMILES string of the molecule is O=C(NCc1cc2c(Cl)c[nH]c2cc1F)c1cnc2c(c1)C(c1cnc3ccc(Cl)cc3c1)NC2. The van der Waals surface area contributed by atoms with Crippen LogP contribution in [0.15, 0.2) is 61.1 Å². The minimum absolute atomic E-state index is 0.0240. The lowest BCUT2D eigenvalue weighted by atomic mass is 9.99. The van der Waals surface area contributed by atoms with Crippen LogP contribution in [0.5, 0.6) is 0 Å². The van der Waals surface area contributed by atoms with E-state index in [4.69, 9.17) is 23.2 Å². The summed E-state index contributed by atoms with van der Waals surface area (Å²) < 4.78 is 14.5. The van der Waals surface area contributed by atoms with E-state index in [2.05, 4.69) is 25.6 Å². The lowest BCUT2D eigenvalue weighted by Gasteiger charge is -2.14. The normalized spacial score (nSPS) is 15.0. The van der Waals surface area contributed by atoms with E-state index < -0.39 is 5.82 Å². The van der Waals surface area contributed by atoms with Crippen LogP contribution in [0, 0.1) is 5.82 Å². The van der Waals surface area contributed by atoms with E-state index in [1.807, 2.05) is 36.5 Å². The molecule has 6 nitrogen and oxygen atoms in total. The average molecular weight is 506 g/mol. The van der Waals surface area contributed by atoms with Gasteiger partial charge in [0.05, 0.1) is 27.8 Å². The van der Waals surface area contributed by atoms with Crippen molar-refractivity contribution in [3.05, 3.63) is 105 Å². The lowest BCUT2D eigenvalue weighted by Crippen LogP contribution is -2.24. The van der Waals surface area contributed by atoms with Crippen LogP contribution >= 0.6 is 23.2 Å². The second-order valence-corrected chi connectivity index (χ2v) is 9.33. The fraction of sp³-hybridized carbons (Fsp3) is 0.115. The van der Waals surface area contributed by atoms with Gasteiger partial charge in [-0.2, -0.15) is 0 Å². The number of rotatable bonds is 4. The van der Waals surface area contributed by atoms with Gasteiger partial charge in [0.15, 0.2) is 0 Å². The monoisotopic (exact) mass is 505 g/mol. The number of H-pyrrole nitrogens is 1. The van der Waals surface area contributed by atoms with Gasteiger partial charge in [-0.05, 0) is 53.6 Å². The van der Waals surface area contributed by atoms with Crippen molar-refractivity contribution in [2.45, 2.75) is 19.1 Å². The van der Waals surface area contributed by atoms with Crippen molar-refractivity contribution in [1.82, 2.24) is 25.6 Å². The molecule has 3 aromatic heterocycles. The van der Waals surface area contributed by atoms with E-state index in [-0.39, 0.29) is 18.5 Å². The summed E-state index contributed by atoms with van der Waals surface area (Å²) in [4.78, 5) is 24.9. The van der Waals surface area contributed by atoms with E-state index >= 15 is 0 Å². The number of hydrogen-bond donors (Lipinski definition) is 3. The first-order valence-corrected chi connectivity index (χ1v) is 11.7. The summed E-state index contributed by atoms with van der Waals surface area (Å²) in [5.74, 6) is -0.759. The Balaban J connectivity index is 1.25. The molecule has 1 atom stereocenters. The van der Waals surface area contributed by atoms with Gasteiger partial charge < -0.3 is 15.6 Å². The van der Waals surface area contributed by atoms with Crippen molar-refractivity contribution in [1.29, 1.82) is 0 Å². The minimum Gasteiger partial charge on any atom is -0.360 e. The van der Waals surface area contributed by atoms with Gasteiger partial charge in [-0.1, -0.05) is 23.2 Å². The predicted octanol–water partition coefficient (Wildman–Crippen LogP) is 5.68. The van der Waals surface area contributed by atoms with Gasteiger partial charge in [-0.3, -0.25) is 14.8 Å². The Labute approximate surface area is 209 Å². The molecular weight excluding hydrogens is 488 g/mol. The third-order valence-corrected chi connectivity index (χ3v) is 6.83. The highest BCUT2D eigenvalue weighted by Crippen LogP contribution is 2.32. The quantitative estimate of drug-likeness (QED) is 0.293. The number of aromatic amines is 1. The van der Waals surface area contributed by atoms with Gasteiger partial charge in [-0.15, -0.1) is 0 Å². The maximum absolute atomic E-state index is 14.5. The molecule has 9 heteroatoms. The largest absolute Gasteiger partial charge is 0.360 e. The number of fused-ring (bicyclic) bond motifs is 3. The Morgan fingerprint density at radius 3 is 2.89 bits per heavy atom. The Morgan fingerprint density at radius 1 is 1.11 bits per heavy atom. The molecule has 0 saturated carbocycles. The first-order chi connectivity index (χ1) is 17.0. The molecule has 0 bridgehead atoms. The van der Waals surface area contributed by atoms with E-state index in [9.17, 15) is 9.18 Å². The number of nitrogens with zero attached hydrogens (tertiary/aromatic N) is 2. The topological polar surface area (TPSA) is 82.7 Å². The van der Waals surface area contributed by atoms with Gasteiger partial charge in [0.2, 0.25) is 0 Å². The number of halogens is 3. The molecule has 4 heterocycles. The number of carbonyl (C=O) groups excluding carboxylic acids is 1. The molecule has 0 saturated heterocycles. The van der Waals surface area contributed by atoms with E-state index in [1.165, 1.54) is 6.07 Å². The number of carbonyl (C=O) groups is 1. The van der Waals surface area contributed by atoms with Gasteiger partial charge >= 0.3 is 0 Å². The molecule has 5 aromatic rings. The lowest BCUT2D eigenvalue weighted by molar-refractivity contribution is 0.0950. The summed E-state index contributed by atoms with van der Waals surface area (Å²) in [5.41, 5.74) is 4.95. The Bertz CT molecular complexity index is 1630. The molecular formula is C26H18Cl2FN5O. The summed E-state index contributed by atoms with van der Waals surface area (Å²) in [5, 5.41) is 9.01. The molecule has 1 aliphatic rings. The fourth-order valence-electron chi connectivity index (χ4n) is 4.48. The van der Waals surface area contributed by atoms with Gasteiger partial charge in [0, 0.05) is 58.6 Å². The van der Waals surface area contributed by atoms with Crippen molar-refractivity contribution in [3.8, 4) is 0 Å². The standard InChI is InChI=1S/C26H18Cl2FN5O/c27-17-1-2-22-13(4-17)3-15(9-30-22)25-19-6-16(10-31-24(19)12-33-25)26(35)34-8-14-5-18-20(28)11-32-23(18)7-21(14)29/h1-7,9-11,25,32-33H,8,12H2,(H,34,35). The molecule has 35 heavy (non-hydrogen) atoms. The molecule has 174 valence electrons. The zero-order valence-corrected chi connectivity index (χ0v) is 19.7. The highest BCUT2D eigenvalue weighted by atomic mass is 35.5. The molecule has 1 unspecified atom stereocenters. The summed E-state index contributed by atoms with van der Waals surface area (Å²) in [6, 6.07) is 12.3. The highest BCUT2D eigenvalue weighted by molar-refractivity contribution is 6.35. The van der Waals surface area contributed by atoms with Crippen molar-refractivity contribution in [2.75, 3.05) is 0 Å². The minimum atomic E-state index is -0.420. The fourth-order valence-corrected chi connectivity index (χ4v) is 4.87. The second-order valence-electron chi connectivity index (χ2n) is 8.49. The number of amides is 1. The maximum Gasteiger partial charge on any atom is 0.253 e. The highest BCUT2D eigenvalue weighted by Gasteiger charge is 2.26. The van der Waals surface area contributed by atoms with Crippen LogP contribution in [0.25, 0.3) is 21.8 Å². The Kier molecular flexibility index (Phi) is 5.40. The zero-order valence-electron chi connectivity index (χ0n) is 18.2. The number of aromatic nitrogens is 3. The van der Waals surface area contributed by atoms with Gasteiger partial charge in [0.25, 0.3) is 5.91 Å². The average Bonchev–Trinajstić information content (AvgIpc) is 3.44. The number of nitrogens with one attached hydrogen (secondary N) is 3. The van der Waals surface area contributed by atoms with Crippen LogP contribution in [0.2, 0.25) is 10.0 Å². The van der Waals surface area contributed by atoms with E-state index in [1.54, 1.807) is 18.5 Å². The summed E-state index contributed by atoms with van der Waals surface area (Å²) in [6.07, 6.45) is 4.97. The molecule has 0 aliphatic carbocycles. The van der Waals surface area contributed by atoms with Crippen LogP contribution < -0.4 is 10.6 Å². The van der Waals surface area contributed by atoms with Crippen LogP contribution in [0.4, 0.5) is 4.39 Å². The van der Waals surface area contributed by atoms with Crippen molar-refractivity contribution in [3.63, 3.8) is 0 Å². The molecule has 6 rings (SSSR count). The van der Waals surface area contributed by atoms with Crippen molar-refractivity contribution in [2.24, 2.45) is 0 Å². The summed E-state index contributed by atoms with van der Waals surface area (Å²) in [7, 11) is 0. The third kappa shape index (κ3) is 4.01. The van der Waals surface area contributed by atoms with Gasteiger partial charge in [-0.25, -0.2) is 4.39 Å². The summed E-state index contributed by atoms with van der Waals surface area (Å²) >= 11 is 12.3. The van der Waals surface area contributed by atoms with Crippen molar-refractivity contribution < 1.29 is 9.18 Å². The zero-order chi connectivity index (χ0) is 24.1. The Hall–Kier alpha value is -3.52. The molecule has 3 N–H and O–H groups in total. The van der Waals surface area contributed by atoms with Crippen LogP contribution in [-0.2, 0) is 13.1 Å². The number of hydrogen-bond acceptors (Lipinski definition) is 4. The number of benzene rings is 2.